The molecular formula is C12H15FN4. The normalized spacial score (nSPS) is 10.7. The average molecular weight is 234 g/mol. The molecule has 1 aromatic heterocycles. The molecule has 2 rings (SSSR count). The van der Waals surface area contributed by atoms with Crippen molar-refractivity contribution >= 4 is 0 Å². The minimum Gasteiger partial charge on any atom is -0.312 e. The number of aromatic amines is 1. The molecule has 90 valence electrons. The van der Waals surface area contributed by atoms with Gasteiger partial charge in [0.1, 0.15) is 18.0 Å². The molecule has 1 aromatic carbocycles. The fourth-order valence-electron chi connectivity index (χ4n) is 1.61. The van der Waals surface area contributed by atoms with Crippen molar-refractivity contribution in [3.63, 3.8) is 0 Å². The summed E-state index contributed by atoms with van der Waals surface area (Å²) in [6.45, 7) is 3.31. The van der Waals surface area contributed by atoms with E-state index < -0.39 is 0 Å². The van der Waals surface area contributed by atoms with E-state index in [1.165, 1.54) is 12.4 Å². The summed E-state index contributed by atoms with van der Waals surface area (Å²) in [6.07, 6.45) is 2.30. The molecule has 17 heavy (non-hydrogen) atoms. The molecule has 0 amide bonds. The van der Waals surface area contributed by atoms with Crippen molar-refractivity contribution in [2.24, 2.45) is 0 Å². The van der Waals surface area contributed by atoms with Gasteiger partial charge in [-0.1, -0.05) is 12.1 Å². The lowest BCUT2D eigenvalue weighted by Gasteiger charge is -2.05. The molecule has 0 aliphatic carbocycles. The van der Waals surface area contributed by atoms with E-state index in [-0.39, 0.29) is 5.82 Å². The Morgan fingerprint density at radius 2 is 2.29 bits per heavy atom. The maximum Gasteiger partial charge on any atom is 0.137 e. The van der Waals surface area contributed by atoms with Gasteiger partial charge in [0.2, 0.25) is 0 Å². The Hall–Kier alpha value is -1.75. The van der Waals surface area contributed by atoms with E-state index in [0.29, 0.717) is 5.56 Å². The van der Waals surface area contributed by atoms with Gasteiger partial charge in [0.15, 0.2) is 0 Å². The number of nitrogens with zero attached hydrogens (tertiary/aromatic N) is 2. The molecule has 0 aliphatic rings. The first-order valence-electron chi connectivity index (χ1n) is 5.55. The second kappa shape index (κ2) is 5.54. The monoisotopic (exact) mass is 234 g/mol. The smallest absolute Gasteiger partial charge is 0.137 e. The molecule has 0 aliphatic heterocycles. The van der Waals surface area contributed by atoms with Crippen molar-refractivity contribution in [1.29, 1.82) is 0 Å². The van der Waals surface area contributed by atoms with Crippen LogP contribution in [-0.2, 0) is 13.0 Å². The average Bonchev–Trinajstić information content (AvgIpc) is 2.82. The van der Waals surface area contributed by atoms with Crippen molar-refractivity contribution in [2.75, 3.05) is 6.54 Å². The van der Waals surface area contributed by atoms with Crippen LogP contribution in [-0.4, -0.2) is 21.7 Å². The molecule has 0 fully saturated rings. The first kappa shape index (κ1) is 11.7. The van der Waals surface area contributed by atoms with Crippen molar-refractivity contribution < 1.29 is 4.39 Å². The summed E-state index contributed by atoms with van der Waals surface area (Å²) in [5.74, 6) is 0.711. The SMILES string of the molecule is Cc1cc(CNCCc2ncn[nH]2)ccc1F. The Morgan fingerprint density at radius 1 is 1.41 bits per heavy atom. The molecular weight excluding hydrogens is 219 g/mol. The standard InChI is InChI=1S/C12H15FN4/c1-9-6-10(2-3-11(9)13)7-14-5-4-12-15-8-16-17-12/h2-3,6,8,14H,4-5,7H2,1H3,(H,15,16,17). The number of hydrogen-bond acceptors (Lipinski definition) is 3. The molecule has 0 atom stereocenters. The third-order valence-electron chi connectivity index (χ3n) is 2.55. The first-order chi connectivity index (χ1) is 8.25. The largest absolute Gasteiger partial charge is 0.312 e. The highest BCUT2D eigenvalue weighted by molar-refractivity contribution is 5.23. The molecule has 0 bridgehead atoms. The molecule has 0 saturated heterocycles. The second-order valence-corrected chi connectivity index (χ2v) is 3.94. The third-order valence-corrected chi connectivity index (χ3v) is 2.55. The highest BCUT2D eigenvalue weighted by Crippen LogP contribution is 2.08. The second-order valence-electron chi connectivity index (χ2n) is 3.94. The number of aryl methyl sites for hydroxylation is 1. The molecule has 0 saturated carbocycles. The van der Waals surface area contributed by atoms with Crippen LogP contribution in [0.3, 0.4) is 0 Å². The Balaban J connectivity index is 1.76. The van der Waals surface area contributed by atoms with E-state index >= 15 is 0 Å². The summed E-state index contributed by atoms with van der Waals surface area (Å²) in [7, 11) is 0. The lowest BCUT2D eigenvalue weighted by molar-refractivity contribution is 0.615. The Labute approximate surface area is 99.3 Å². The maximum absolute atomic E-state index is 13.0. The molecule has 0 spiro atoms. The molecule has 4 nitrogen and oxygen atoms in total. The van der Waals surface area contributed by atoms with Gasteiger partial charge in [0.25, 0.3) is 0 Å². The van der Waals surface area contributed by atoms with Gasteiger partial charge in [-0.25, -0.2) is 9.37 Å². The van der Waals surface area contributed by atoms with Gasteiger partial charge in [0.05, 0.1) is 0 Å². The number of rotatable bonds is 5. The van der Waals surface area contributed by atoms with Crippen LogP contribution < -0.4 is 5.32 Å². The number of nitrogens with one attached hydrogen (secondary N) is 2. The van der Waals surface area contributed by atoms with Crippen molar-refractivity contribution in [2.45, 2.75) is 19.9 Å². The predicted octanol–water partition coefficient (Wildman–Crippen LogP) is 1.58. The predicted molar refractivity (Wildman–Crippen MR) is 62.9 cm³/mol. The van der Waals surface area contributed by atoms with E-state index in [4.69, 9.17) is 0 Å². The van der Waals surface area contributed by atoms with Crippen LogP contribution in [0.5, 0.6) is 0 Å². The highest BCUT2D eigenvalue weighted by atomic mass is 19.1. The van der Waals surface area contributed by atoms with Crippen molar-refractivity contribution in [3.05, 3.63) is 47.3 Å². The van der Waals surface area contributed by atoms with Crippen molar-refractivity contribution in [1.82, 2.24) is 20.5 Å². The van der Waals surface area contributed by atoms with Crippen LogP contribution in [0.1, 0.15) is 17.0 Å². The summed E-state index contributed by atoms with van der Waals surface area (Å²) in [5.41, 5.74) is 1.76. The van der Waals surface area contributed by atoms with E-state index in [1.807, 2.05) is 6.07 Å². The Kier molecular flexibility index (Phi) is 3.82. The van der Waals surface area contributed by atoms with Gasteiger partial charge < -0.3 is 5.32 Å². The minimum absolute atomic E-state index is 0.157. The Bertz CT molecular complexity index is 467. The lowest BCUT2D eigenvalue weighted by Crippen LogP contribution is -2.17. The van der Waals surface area contributed by atoms with E-state index in [0.717, 1.165) is 30.9 Å². The number of halogens is 1. The van der Waals surface area contributed by atoms with Gasteiger partial charge in [-0.05, 0) is 24.1 Å². The van der Waals surface area contributed by atoms with E-state index in [9.17, 15) is 4.39 Å². The fraction of sp³-hybridized carbons (Fsp3) is 0.333. The summed E-state index contributed by atoms with van der Waals surface area (Å²) < 4.78 is 13.0. The Morgan fingerprint density at radius 3 is 3.00 bits per heavy atom. The van der Waals surface area contributed by atoms with Gasteiger partial charge in [-0.15, -0.1) is 0 Å². The minimum atomic E-state index is -0.157. The van der Waals surface area contributed by atoms with Crippen LogP contribution in [0.2, 0.25) is 0 Å². The zero-order valence-electron chi connectivity index (χ0n) is 9.70. The molecule has 5 heteroatoms. The van der Waals surface area contributed by atoms with Crippen LogP contribution in [0, 0.1) is 12.7 Å². The summed E-state index contributed by atoms with van der Waals surface area (Å²) in [6, 6.07) is 5.16. The number of H-pyrrole nitrogens is 1. The quantitative estimate of drug-likeness (QED) is 0.772. The summed E-state index contributed by atoms with van der Waals surface area (Å²) >= 11 is 0. The van der Waals surface area contributed by atoms with Gasteiger partial charge in [-0.3, -0.25) is 5.10 Å². The van der Waals surface area contributed by atoms with Crippen LogP contribution in [0.15, 0.2) is 24.5 Å². The number of aromatic nitrogens is 3. The molecule has 1 heterocycles. The fourth-order valence-corrected chi connectivity index (χ4v) is 1.61. The molecule has 2 aromatic rings. The third kappa shape index (κ3) is 3.35. The van der Waals surface area contributed by atoms with Crippen LogP contribution in [0.25, 0.3) is 0 Å². The highest BCUT2D eigenvalue weighted by Gasteiger charge is 1.99. The first-order valence-corrected chi connectivity index (χ1v) is 5.55. The van der Waals surface area contributed by atoms with Crippen LogP contribution >= 0.6 is 0 Å². The number of hydrogen-bond donors (Lipinski definition) is 2. The van der Waals surface area contributed by atoms with Gasteiger partial charge in [-0.2, -0.15) is 5.10 Å². The number of benzene rings is 1. The maximum atomic E-state index is 13.0. The lowest BCUT2D eigenvalue weighted by atomic mass is 10.1. The van der Waals surface area contributed by atoms with E-state index in [2.05, 4.69) is 20.5 Å². The molecule has 0 unspecified atom stereocenters. The van der Waals surface area contributed by atoms with Crippen molar-refractivity contribution in [3.8, 4) is 0 Å². The topological polar surface area (TPSA) is 53.6 Å². The van der Waals surface area contributed by atoms with E-state index in [1.54, 1.807) is 13.0 Å². The summed E-state index contributed by atoms with van der Waals surface area (Å²) in [4.78, 5) is 4.03. The zero-order chi connectivity index (χ0) is 12.1. The van der Waals surface area contributed by atoms with Gasteiger partial charge >= 0.3 is 0 Å². The molecule has 2 N–H and O–H groups in total. The zero-order valence-corrected chi connectivity index (χ0v) is 9.70. The van der Waals surface area contributed by atoms with Gasteiger partial charge in [0, 0.05) is 19.5 Å². The summed E-state index contributed by atoms with van der Waals surface area (Å²) in [5, 5.41) is 9.85. The van der Waals surface area contributed by atoms with Crippen LogP contribution in [0.4, 0.5) is 4.39 Å². The molecule has 0 radical (unpaired) electrons.